The number of pyridine rings is 1. The fourth-order valence-electron chi connectivity index (χ4n) is 4.98. The van der Waals surface area contributed by atoms with E-state index >= 15 is 0 Å². The van der Waals surface area contributed by atoms with Gasteiger partial charge in [-0.15, -0.1) is 34.9 Å². The largest absolute Gasteiger partial charge is 1.00 e. The minimum absolute atomic E-state index is 0. The van der Waals surface area contributed by atoms with Gasteiger partial charge in [0.25, 0.3) is 11.8 Å². The summed E-state index contributed by atoms with van der Waals surface area (Å²) < 4.78 is 7.27. The van der Waals surface area contributed by atoms with Crippen LogP contribution >= 0.6 is 58.1 Å². The molecule has 0 radical (unpaired) electrons. The van der Waals surface area contributed by atoms with Crippen LogP contribution < -0.4 is 39.6 Å². The number of carbonyl (C=O) groups excluding carboxylic acids is 2. The van der Waals surface area contributed by atoms with Gasteiger partial charge in [0.15, 0.2) is 47.1 Å². The van der Waals surface area contributed by atoms with Crippen LogP contribution in [0.5, 0.6) is 11.5 Å². The molecular weight excluding hydrogens is 880 g/mol. The number of thioether (sulfide) groups is 2. The normalized spacial score (nSPS) is 17.0. The topological polar surface area (TPSA) is 218 Å². The number of oxime groups is 1. The molecular formula is C30H26Cl2IN7O8S3. The number of phenolic OH excluding ortho intramolecular Hbond substituents is 2. The molecule has 0 spiro atoms. The van der Waals surface area contributed by atoms with E-state index in [4.69, 9.17) is 38.3 Å². The molecule has 2 amide bonds. The van der Waals surface area contributed by atoms with Gasteiger partial charge in [-0.1, -0.05) is 33.5 Å². The summed E-state index contributed by atoms with van der Waals surface area (Å²) in [6.45, 7) is 2.54. The molecule has 0 aliphatic carbocycles. The number of hydrogen-bond donors (Lipinski definition) is 5. The van der Waals surface area contributed by atoms with E-state index in [1.807, 2.05) is 36.0 Å². The summed E-state index contributed by atoms with van der Waals surface area (Å²) >= 11 is 16.0. The number of amides is 2. The molecule has 2 aliphatic heterocycles. The van der Waals surface area contributed by atoms with Crippen molar-refractivity contribution in [2.75, 3.05) is 17.2 Å². The molecule has 15 nitrogen and oxygen atoms in total. The highest BCUT2D eigenvalue weighted by Crippen LogP contribution is 2.45. The number of thiazole rings is 1. The molecule has 0 unspecified atom stereocenters. The first-order valence-corrected chi connectivity index (χ1v) is 18.2. The third-order valence-corrected chi connectivity index (χ3v) is 11.3. The quantitative estimate of drug-likeness (QED) is 0.0254. The summed E-state index contributed by atoms with van der Waals surface area (Å²) in [7, 11) is 0. The lowest BCUT2D eigenvalue weighted by Crippen LogP contribution is -3.00. The molecule has 3 aromatic heterocycles. The third kappa shape index (κ3) is 8.02. The smallest absolute Gasteiger partial charge is 0.352 e. The standard InChI is InChI=1S/C30H25Cl2N7O8S3.HI/c1-2-38-5-3-15(4-6-38)48-10-13-11-49-28-22(27(43)39(28)23(13)29(44)45)35-26(42)21(19-12-50-30(33)34-19)37-46-9-14-7-18(36-47-14)16-8-17(31)24(40)25(41)20(16)32;/h3-8,12,22,28H,2,9-11H2,1H3,(H5-,33,34,35,36,37,40,41,42,44,45);1H/t22-,28-;/m1./s1. The van der Waals surface area contributed by atoms with Crippen molar-refractivity contribution in [1.29, 1.82) is 0 Å². The summed E-state index contributed by atoms with van der Waals surface area (Å²) in [5.74, 6) is -2.94. The van der Waals surface area contributed by atoms with E-state index < -0.39 is 40.7 Å². The molecule has 4 aromatic rings. The second kappa shape index (κ2) is 16.3. The first-order chi connectivity index (χ1) is 24.0. The number of carbonyl (C=O) groups is 3. The van der Waals surface area contributed by atoms with Crippen LogP contribution in [0.3, 0.4) is 0 Å². The Morgan fingerprint density at radius 2 is 2.00 bits per heavy atom. The van der Waals surface area contributed by atoms with Crippen molar-refractivity contribution < 1.29 is 67.6 Å². The highest BCUT2D eigenvalue weighted by Gasteiger charge is 2.54. The Balaban J connectivity index is 0.00000504. The molecule has 5 heterocycles. The van der Waals surface area contributed by atoms with E-state index in [1.54, 1.807) is 0 Å². The SMILES string of the molecule is CC[n+]1ccc(SCC2=C(C(=O)O)N3C(=O)[C@@H](NC(=O)/C(=N\OCc4cc(-c5cc(Cl)c(O)c(O)c5Cl)no4)c4csc(N)n4)[C@H]3SC2)cc1.[I-]. The zero-order valence-corrected chi connectivity index (χ0v) is 32.2. The molecule has 6 N–H and O–H groups in total. The van der Waals surface area contributed by atoms with Crippen molar-refractivity contribution in [3.05, 3.63) is 74.8 Å². The minimum Gasteiger partial charge on any atom is -1.00 e. The van der Waals surface area contributed by atoms with Crippen LogP contribution in [0.4, 0.5) is 5.13 Å². The second-order valence-corrected chi connectivity index (χ2v) is 14.5. The number of benzene rings is 1. The maximum absolute atomic E-state index is 13.5. The molecule has 51 heavy (non-hydrogen) atoms. The number of aromatic nitrogens is 3. The number of nitrogen functional groups attached to an aromatic ring is 1. The number of nitrogens with zero attached hydrogens (tertiary/aromatic N) is 5. The van der Waals surface area contributed by atoms with Gasteiger partial charge in [0.05, 0.1) is 10.0 Å². The van der Waals surface area contributed by atoms with Crippen molar-refractivity contribution >= 4 is 86.7 Å². The molecule has 2 atom stereocenters. The van der Waals surface area contributed by atoms with Gasteiger partial charge in [0.1, 0.15) is 35.0 Å². The summed E-state index contributed by atoms with van der Waals surface area (Å²) in [4.78, 5) is 50.8. The van der Waals surface area contributed by atoms with Crippen molar-refractivity contribution in [2.24, 2.45) is 5.16 Å². The monoisotopic (exact) mass is 905 g/mol. The van der Waals surface area contributed by atoms with E-state index in [-0.39, 0.29) is 79.9 Å². The Hall–Kier alpha value is -3.76. The van der Waals surface area contributed by atoms with Gasteiger partial charge >= 0.3 is 5.97 Å². The molecule has 0 saturated carbocycles. The molecule has 0 bridgehead atoms. The lowest BCUT2D eigenvalue weighted by molar-refractivity contribution is -0.693. The Morgan fingerprint density at radius 1 is 1.25 bits per heavy atom. The molecule has 1 aromatic carbocycles. The van der Waals surface area contributed by atoms with Crippen molar-refractivity contribution in [3.8, 4) is 22.8 Å². The Labute approximate surface area is 328 Å². The predicted molar refractivity (Wildman–Crippen MR) is 186 cm³/mol. The number of fused-ring (bicyclic) bond motifs is 1. The van der Waals surface area contributed by atoms with E-state index in [1.165, 1.54) is 45.9 Å². The summed E-state index contributed by atoms with van der Waals surface area (Å²) in [5, 5.41) is 41.0. The lowest BCUT2D eigenvalue weighted by atomic mass is 10.0. The maximum Gasteiger partial charge on any atom is 0.352 e. The average Bonchev–Trinajstić information content (AvgIpc) is 3.77. The van der Waals surface area contributed by atoms with Crippen LogP contribution in [0.2, 0.25) is 10.0 Å². The van der Waals surface area contributed by atoms with E-state index in [0.717, 1.165) is 22.8 Å². The number of carboxylic acids is 1. The number of hydrogen-bond acceptors (Lipinski definition) is 14. The number of halogens is 3. The van der Waals surface area contributed by atoms with Crippen molar-refractivity contribution in [3.63, 3.8) is 0 Å². The molecule has 2 aliphatic rings. The highest BCUT2D eigenvalue weighted by molar-refractivity contribution is 8.01. The predicted octanol–water partition coefficient (Wildman–Crippen LogP) is 0.862. The Morgan fingerprint density at radius 3 is 2.67 bits per heavy atom. The van der Waals surface area contributed by atoms with Crippen molar-refractivity contribution in [2.45, 2.75) is 36.4 Å². The zero-order valence-electron chi connectivity index (χ0n) is 26.1. The number of phenols is 2. The van der Waals surface area contributed by atoms with E-state index in [2.05, 4.69) is 20.6 Å². The maximum atomic E-state index is 13.5. The fourth-order valence-corrected chi connectivity index (χ4v) is 8.34. The average molecular weight is 907 g/mol. The van der Waals surface area contributed by atoms with Gasteiger partial charge in [0, 0.05) is 45.5 Å². The van der Waals surface area contributed by atoms with Gasteiger partial charge in [-0.05, 0) is 18.6 Å². The molecule has 268 valence electrons. The van der Waals surface area contributed by atoms with Crippen LogP contribution in [0, 0.1) is 0 Å². The first kappa shape index (κ1) is 38.5. The van der Waals surface area contributed by atoms with Crippen LogP contribution in [-0.2, 0) is 32.4 Å². The van der Waals surface area contributed by atoms with Crippen LogP contribution in [0.15, 0.2) is 67.9 Å². The molecule has 6 rings (SSSR count). The number of rotatable bonds is 12. The molecule has 1 fully saturated rings. The Bertz CT molecular complexity index is 2060. The van der Waals surface area contributed by atoms with Gasteiger partial charge in [-0.3, -0.25) is 14.5 Å². The number of aliphatic carboxylic acids is 1. The number of nitrogens with two attached hydrogens (primary N) is 1. The van der Waals surface area contributed by atoms with Gasteiger partial charge in [-0.25, -0.2) is 14.3 Å². The fraction of sp³-hybridized carbons (Fsp3) is 0.233. The van der Waals surface area contributed by atoms with Crippen molar-refractivity contribution in [1.82, 2.24) is 20.4 Å². The van der Waals surface area contributed by atoms with Crippen LogP contribution in [-0.4, -0.2) is 76.8 Å². The summed E-state index contributed by atoms with van der Waals surface area (Å²) in [6.07, 6.45) is 3.89. The zero-order chi connectivity index (χ0) is 35.7. The van der Waals surface area contributed by atoms with Gasteiger partial charge < -0.3 is 59.7 Å². The summed E-state index contributed by atoms with van der Waals surface area (Å²) in [6, 6.07) is 5.58. The van der Waals surface area contributed by atoms with Gasteiger partial charge in [0.2, 0.25) is 0 Å². The molecule has 1 saturated heterocycles. The van der Waals surface area contributed by atoms with E-state index in [9.17, 15) is 29.7 Å². The van der Waals surface area contributed by atoms with Gasteiger partial charge in [-0.2, -0.15) is 0 Å². The van der Waals surface area contributed by atoms with Crippen LogP contribution in [0.1, 0.15) is 18.4 Å². The second-order valence-electron chi connectivity index (χ2n) is 10.7. The number of anilines is 1. The summed E-state index contributed by atoms with van der Waals surface area (Å²) in [5.41, 5.74) is 6.45. The number of nitrogens with one attached hydrogen (secondary N) is 1. The third-order valence-electron chi connectivity index (χ3n) is 7.52. The van der Waals surface area contributed by atoms with Crippen LogP contribution in [0.25, 0.3) is 11.3 Å². The highest BCUT2D eigenvalue weighted by atomic mass is 127. The number of β-lactam (4-membered cyclic amide) rings is 1. The minimum atomic E-state index is -1.22. The number of aromatic hydroxyl groups is 2. The lowest BCUT2D eigenvalue weighted by Gasteiger charge is -2.49. The Kier molecular flexibility index (Phi) is 12.3. The number of carboxylic acid groups (broad SMARTS) is 1. The first-order valence-electron chi connectivity index (χ1n) is 14.6. The number of aryl methyl sites for hydroxylation is 1. The molecule has 21 heteroatoms. The van der Waals surface area contributed by atoms with E-state index in [0.29, 0.717) is 17.1 Å².